The van der Waals surface area contributed by atoms with Gasteiger partial charge in [0.15, 0.2) is 5.82 Å². The minimum absolute atomic E-state index is 0.282. The van der Waals surface area contributed by atoms with Gasteiger partial charge in [-0.25, -0.2) is 4.39 Å². The highest BCUT2D eigenvalue weighted by Crippen LogP contribution is 2.21. The van der Waals surface area contributed by atoms with Gasteiger partial charge in [-0.3, -0.25) is 10.4 Å². The van der Waals surface area contributed by atoms with Crippen molar-refractivity contribution in [2.24, 2.45) is 5.10 Å². The molecular formula is C27H37FN6O. The number of aromatic nitrogens is 3. The van der Waals surface area contributed by atoms with E-state index in [2.05, 4.69) is 44.2 Å². The van der Waals surface area contributed by atoms with E-state index >= 15 is 0 Å². The highest BCUT2D eigenvalue weighted by molar-refractivity contribution is 5.80. The third-order valence-corrected chi connectivity index (χ3v) is 4.85. The molecule has 0 aliphatic carbocycles. The predicted octanol–water partition coefficient (Wildman–Crippen LogP) is 6.12. The fourth-order valence-electron chi connectivity index (χ4n) is 3.21. The maximum absolute atomic E-state index is 13.4. The van der Waals surface area contributed by atoms with Gasteiger partial charge in [-0.1, -0.05) is 52.3 Å². The van der Waals surface area contributed by atoms with Crippen molar-refractivity contribution in [2.75, 3.05) is 30.0 Å². The first-order chi connectivity index (χ1) is 17.2. The molecule has 0 saturated heterocycles. The highest BCUT2D eigenvalue weighted by Gasteiger charge is 2.12. The van der Waals surface area contributed by atoms with Crippen LogP contribution in [0.25, 0.3) is 0 Å². The number of nitrogens with zero attached hydrogens (tertiary/aromatic N) is 5. The number of hydrazone groups is 1. The van der Waals surface area contributed by atoms with Crippen LogP contribution in [0.2, 0.25) is 0 Å². The second-order valence-corrected chi connectivity index (χ2v) is 7.58. The van der Waals surface area contributed by atoms with Gasteiger partial charge in [-0.2, -0.15) is 15.1 Å². The van der Waals surface area contributed by atoms with E-state index in [0.29, 0.717) is 24.4 Å². The molecule has 0 aliphatic rings. The zero-order valence-electron chi connectivity index (χ0n) is 21.2. The van der Waals surface area contributed by atoms with Gasteiger partial charge in [-0.05, 0) is 42.7 Å². The van der Waals surface area contributed by atoms with Crippen LogP contribution in [-0.2, 0) is 6.42 Å². The first-order valence-electron chi connectivity index (χ1n) is 12.4. The second kappa shape index (κ2) is 16.1. The molecule has 0 unspecified atom stereocenters. The molecule has 0 fully saturated rings. The zero-order chi connectivity index (χ0) is 25.3. The summed E-state index contributed by atoms with van der Waals surface area (Å²) in [5.74, 6) is 0.993. The van der Waals surface area contributed by atoms with Crippen LogP contribution in [0.5, 0.6) is 6.01 Å². The minimum atomic E-state index is -0.307. The first-order valence-corrected chi connectivity index (χ1v) is 12.4. The number of nitrogens with one attached hydrogen (secondary N) is 1. The van der Waals surface area contributed by atoms with Crippen molar-refractivity contribution in [1.29, 1.82) is 0 Å². The molecule has 7 nitrogen and oxygen atoms in total. The van der Waals surface area contributed by atoms with Crippen molar-refractivity contribution in [2.45, 2.75) is 53.4 Å². The fourth-order valence-corrected chi connectivity index (χ4v) is 3.21. The van der Waals surface area contributed by atoms with Crippen molar-refractivity contribution >= 4 is 17.9 Å². The number of ether oxygens (including phenoxy) is 1. The van der Waals surface area contributed by atoms with Gasteiger partial charge in [0.25, 0.3) is 0 Å². The molecule has 0 atom stereocenters. The molecule has 1 N–H and O–H groups in total. The number of pyridine rings is 1. The van der Waals surface area contributed by atoms with Crippen LogP contribution in [0.1, 0.15) is 58.2 Å². The van der Waals surface area contributed by atoms with Gasteiger partial charge in [0, 0.05) is 37.5 Å². The van der Waals surface area contributed by atoms with Crippen molar-refractivity contribution in [3.63, 3.8) is 0 Å². The average molecular weight is 481 g/mol. The molecule has 3 aromatic rings. The van der Waals surface area contributed by atoms with Gasteiger partial charge in [0.2, 0.25) is 0 Å². The lowest BCUT2D eigenvalue weighted by Gasteiger charge is -2.23. The molecule has 0 spiro atoms. The lowest BCUT2D eigenvalue weighted by atomic mass is 10.2. The van der Waals surface area contributed by atoms with E-state index in [1.165, 1.54) is 12.1 Å². The van der Waals surface area contributed by atoms with Crippen molar-refractivity contribution < 1.29 is 9.13 Å². The van der Waals surface area contributed by atoms with E-state index in [-0.39, 0.29) is 11.8 Å². The summed E-state index contributed by atoms with van der Waals surface area (Å²) < 4.78 is 19.3. The van der Waals surface area contributed by atoms with Crippen LogP contribution >= 0.6 is 0 Å². The third kappa shape index (κ3) is 10.1. The van der Waals surface area contributed by atoms with Gasteiger partial charge in [-0.15, -0.1) is 0 Å². The van der Waals surface area contributed by atoms with E-state index in [9.17, 15) is 4.39 Å². The Labute approximate surface area is 208 Å². The SMILES string of the molecule is CC.CCCCN(CCC)c1cc(N/N=C/c2cccc(F)c2)nc(OCCc2ccccn2)n1. The molecule has 8 heteroatoms. The lowest BCUT2D eigenvalue weighted by Crippen LogP contribution is -2.26. The summed E-state index contributed by atoms with van der Waals surface area (Å²) in [6.45, 7) is 10.5. The minimum Gasteiger partial charge on any atom is -0.463 e. The Morgan fingerprint density at radius 2 is 1.89 bits per heavy atom. The topological polar surface area (TPSA) is 75.5 Å². The lowest BCUT2D eigenvalue weighted by molar-refractivity contribution is 0.295. The Balaban J connectivity index is 0.00000210. The first kappa shape index (κ1) is 27.7. The molecule has 0 saturated carbocycles. The number of benzene rings is 1. The molecular weight excluding hydrogens is 443 g/mol. The van der Waals surface area contributed by atoms with Crippen LogP contribution in [0.4, 0.5) is 16.0 Å². The van der Waals surface area contributed by atoms with Crippen LogP contribution in [0, 0.1) is 5.82 Å². The quantitative estimate of drug-likeness (QED) is 0.235. The van der Waals surface area contributed by atoms with Crippen LogP contribution in [-0.4, -0.2) is 40.9 Å². The molecule has 188 valence electrons. The Morgan fingerprint density at radius 3 is 2.60 bits per heavy atom. The number of hydrogen-bond acceptors (Lipinski definition) is 7. The van der Waals surface area contributed by atoms with Crippen LogP contribution in [0.15, 0.2) is 59.8 Å². The number of anilines is 2. The Kier molecular flexibility index (Phi) is 12.8. The maximum Gasteiger partial charge on any atom is 0.320 e. The van der Waals surface area contributed by atoms with Crippen molar-refractivity contribution in [1.82, 2.24) is 15.0 Å². The Morgan fingerprint density at radius 1 is 1.03 bits per heavy atom. The summed E-state index contributed by atoms with van der Waals surface area (Å²) in [5, 5.41) is 4.21. The number of hydrogen-bond donors (Lipinski definition) is 1. The van der Waals surface area contributed by atoms with Gasteiger partial charge in [0.05, 0.1) is 12.8 Å². The Bertz CT molecular complexity index is 1020. The summed E-state index contributed by atoms with van der Waals surface area (Å²) in [5.41, 5.74) is 4.53. The number of halogens is 1. The van der Waals surface area contributed by atoms with Crippen molar-refractivity contribution in [3.8, 4) is 6.01 Å². The molecule has 0 bridgehead atoms. The normalized spacial score (nSPS) is 10.5. The van der Waals surface area contributed by atoms with E-state index in [1.807, 2.05) is 38.1 Å². The summed E-state index contributed by atoms with van der Waals surface area (Å²) in [7, 11) is 0. The summed E-state index contributed by atoms with van der Waals surface area (Å²) in [6, 6.07) is 14.2. The Hall–Kier alpha value is -3.55. The fraction of sp³-hybridized carbons (Fsp3) is 0.407. The van der Waals surface area contributed by atoms with E-state index < -0.39 is 0 Å². The third-order valence-electron chi connectivity index (χ3n) is 4.85. The smallest absolute Gasteiger partial charge is 0.320 e. The number of rotatable bonds is 13. The zero-order valence-corrected chi connectivity index (χ0v) is 21.2. The van der Waals surface area contributed by atoms with Gasteiger partial charge in [0.1, 0.15) is 11.6 Å². The van der Waals surface area contributed by atoms with E-state index in [1.54, 1.807) is 24.5 Å². The highest BCUT2D eigenvalue weighted by atomic mass is 19.1. The van der Waals surface area contributed by atoms with E-state index in [4.69, 9.17) is 4.74 Å². The van der Waals surface area contributed by atoms with E-state index in [0.717, 1.165) is 43.9 Å². The van der Waals surface area contributed by atoms with Gasteiger partial charge < -0.3 is 9.64 Å². The molecule has 2 heterocycles. The molecule has 35 heavy (non-hydrogen) atoms. The number of unbranched alkanes of at least 4 members (excludes halogenated alkanes) is 1. The summed E-state index contributed by atoms with van der Waals surface area (Å²) in [4.78, 5) is 15.7. The second-order valence-electron chi connectivity index (χ2n) is 7.58. The molecule has 2 aromatic heterocycles. The standard InChI is InChI=1S/C25H31FN6O.C2H6/c1-3-5-15-32(14-4-2)24-18-23(31-28-19-20-9-8-10-21(26)17-20)29-25(30-24)33-16-12-22-11-6-7-13-27-22;1-2/h6-11,13,17-19H,3-5,12,14-16H2,1-2H3,(H,29,30,31);1-2H3/b28-19+;. The van der Waals surface area contributed by atoms with Crippen LogP contribution < -0.4 is 15.1 Å². The average Bonchev–Trinajstić information content (AvgIpc) is 2.88. The molecule has 1 aromatic carbocycles. The maximum atomic E-state index is 13.4. The molecule has 0 radical (unpaired) electrons. The van der Waals surface area contributed by atoms with Gasteiger partial charge >= 0.3 is 6.01 Å². The summed E-state index contributed by atoms with van der Waals surface area (Å²) in [6.07, 6.45) is 7.14. The predicted molar refractivity (Wildman–Crippen MR) is 142 cm³/mol. The monoisotopic (exact) mass is 480 g/mol. The van der Waals surface area contributed by atoms with Crippen molar-refractivity contribution in [3.05, 3.63) is 71.8 Å². The molecule has 0 amide bonds. The van der Waals surface area contributed by atoms with Crippen LogP contribution in [0.3, 0.4) is 0 Å². The molecule has 3 rings (SSSR count). The molecule has 0 aliphatic heterocycles. The largest absolute Gasteiger partial charge is 0.463 e. The summed E-state index contributed by atoms with van der Waals surface area (Å²) >= 11 is 0.